The van der Waals surface area contributed by atoms with Crippen molar-refractivity contribution >= 4 is 23.0 Å². The van der Waals surface area contributed by atoms with Gasteiger partial charge in [-0.1, -0.05) is 13.8 Å². The fourth-order valence-electron chi connectivity index (χ4n) is 1.55. The number of likely N-dealkylation sites (N-methyl/N-ethyl adjacent to an activating group) is 1. The Morgan fingerprint density at radius 1 is 1.25 bits per heavy atom. The maximum Gasteiger partial charge on any atom is 0.102 e. The maximum atomic E-state index is 6.27. The Balaban J connectivity index is 2.42. The van der Waals surface area contributed by atoms with Gasteiger partial charge in [-0.05, 0) is 37.4 Å². The molecule has 1 aromatic carbocycles. The molecule has 1 rings (SSSR count). The van der Waals surface area contributed by atoms with Crippen LogP contribution in [0.5, 0.6) is 0 Å². The standard InChI is InChI=1S/C12H20ClN3/c1-3-16(4-2)12(13)9-15-11-7-5-10(14)6-8-11/h5-8,12,15H,3-4,9,14H2,1-2H3. The number of nitrogens with one attached hydrogen (secondary N) is 1. The number of alkyl halides is 1. The second-order valence-electron chi connectivity index (χ2n) is 3.66. The van der Waals surface area contributed by atoms with Crippen molar-refractivity contribution in [3.8, 4) is 0 Å². The Morgan fingerprint density at radius 3 is 2.31 bits per heavy atom. The summed E-state index contributed by atoms with van der Waals surface area (Å²) in [4.78, 5) is 2.20. The molecule has 0 bridgehead atoms. The minimum Gasteiger partial charge on any atom is -0.399 e. The van der Waals surface area contributed by atoms with Crippen LogP contribution in [-0.4, -0.2) is 30.0 Å². The lowest BCUT2D eigenvalue weighted by Crippen LogP contribution is -2.35. The zero-order chi connectivity index (χ0) is 12.0. The highest BCUT2D eigenvalue weighted by Crippen LogP contribution is 2.12. The summed E-state index contributed by atoms with van der Waals surface area (Å²) in [5, 5.41) is 3.29. The smallest absolute Gasteiger partial charge is 0.102 e. The van der Waals surface area contributed by atoms with Crippen molar-refractivity contribution in [2.75, 3.05) is 30.7 Å². The topological polar surface area (TPSA) is 41.3 Å². The summed E-state index contributed by atoms with van der Waals surface area (Å²) in [6.07, 6.45) is 0. The van der Waals surface area contributed by atoms with E-state index < -0.39 is 0 Å². The fourth-order valence-corrected chi connectivity index (χ4v) is 1.91. The van der Waals surface area contributed by atoms with Gasteiger partial charge in [0, 0.05) is 17.9 Å². The number of nitrogens with zero attached hydrogens (tertiary/aromatic N) is 1. The van der Waals surface area contributed by atoms with Crippen molar-refractivity contribution < 1.29 is 0 Å². The first-order valence-corrected chi connectivity index (χ1v) is 6.08. The first-order chi connectivity index (χ1) is 7.67. The molecule has 0 radical (unpaired) electrons. The Hall–Kier alpha value is -0.930. The lowest BCUT2D eigenvalue weighted by molar-refractivity contribution is 0.286. The zero-order valence-corrected chi connectivity index (χ0v) is 10.7. The molecule has 0 amide bonds. The molecule has 90 valence electrons. The van der Waals surface area contributed by atoms with Crippen molar-refractivity contribution in [1.29, 1.82) is 0 Å². The first-order valence-electron chi connectivity index (χ1n) is 5.64. The molecule has 3 N–H and O–H groups in total. The summed E-state index contributed by atoms with van der Waals surface area (Å²) in [6.45, 7) is 6.89. The molecule has 3 nitrogen and oxygen atoms in total. The monoisotopic (exact) mass is 241 g/mol. The largest absolute Gasteiger partial charge is 0.399 e. The van der Waals surface area contributed by atoms with Crippen molar-refractivity contribution in [3.05, 3.63) is 24.3 Å². The van der Waals surface area contributed by atoms with Crippen LogP contribution in [0.3, 0.4) is 0 Å². The lowest BCUT2D eigenvalue weighted by atomic mass is 10.3. The number of hydrogen-bond acceptors (Lipinski definition) is 3. The average Bonchev–Trinajstić information content (AvgIpc) is 2.30. The van der Waals surface area contributed by atoms with E-state index in [1.807, 2.05) is 24.3 Å². The molecule has 0 saturated carbocycles. The second kappa shape index (κ2) is 6.61. The van der Waals surface area contributed by atoms with Gasteiger partial charge in [-0.15, -0.1) is 11.6 Å². The minimum atomic E-state index is 0.0209. The number of anilines is 2. The molecular weight excluding hydrogens is 222 g/mol. The molecule has 1 unspecified atom stereocenters. The molecule has 0 heterocycles. The molecule has 16 heavy (non-hydrogen) atoms. The molecule has 0 aromatic heterocycles. The van der Waals surface area contributed by atoms with Crippen LogP contribution in [0.4, 0.5) is 11.4 Å². The highest BCUT2D eigenvalue weighted by Gasteiger charge is 2.11. The average molecular weight is 242 g/mol. The molecule has 1 aromatic rings. The van der Waals surface area contributed by atoms with Crippen LogP contribution >= 0.6 is 11.6 Å². The molecule has 0 saturated heterocycles. The van der Waals surface area contributed by atoms with Crippen molar-refractivity contribution in [3.63, 3.8) is 0 Å². The molecule has 0 aliphatic heterocycles. The molecule has 0 aliphatic rings. The highest BCUT2D eigenvalue weighted by atomic mass is 35.5. The van der Waals surface area contributed by atoms with Gasteiger partial charge in [-0.2, -0.15) is 0 Å². The van der Waals surface area contributed by atoms with Gasteiger partial charge in [-0.3, -0.25) is 4.90 Å². The van der Waals surface area contributed by atoms with Crippen LogP contribution in [0.25, 0.3) is 0 Å². The first kappa shape index (κ1) is 13.1. The van der Waals surface area contributed by atoms with Crippen LogP contribution in [0.15, 0.2) is 24.3 Å². The minimum absolute atomic E-state index is 0.0209. The third-order valence-electron chi connectivity index (χ3n) is 2.59. The summed E-state index contributed by atoms with van der Waals surface area (Å²) >= 11 is 6.27. The van der Waals surface area contributed by atoms with Crippen LogP contribution in [0.1, 0.15) is 13.8 Å². The summed E-state index contributed by atoms with van der Waals surface area (Å²) < 4.78 is 0. The van der Waals surface area contributed by atoms with E-state index in [4.69, 9.17) is 17.3 Å². The number of benzene rings is 1. The number of nitrogen functional groups attached to an aromatic ring is 1. The van der Waals surface area contributed by atoms with Gasteiger partial charge in [0.1, 0.15) is 5.50 Å². The summed E-state index contributed by atoms with van der Waals surface area (Å²) in [7, 11) is 0. The van der Waals surface area contributed by atoms with Crippen LogP contribution < -0.4 is 11.1 Å². The highest BCUT2D eigenvalue weighted by molar-refractivity contribution is 6.20. The molecule has 4 heteroatoms. The number of halogens is 1. The molecule has 1 atom stereocenters. The van der Waals surface area contributed by atoms with Crippen LogP contribution in [0, 0.1) is 0 Å². The van der Waals surface area contributed by atoms with Gasteiger partial charge < -0.3 is 11.1 Å². The predicted molar refractivity (Wildman–Crippen MR) is 71.9 cm³/mol. The molecule has 0 aliphatic carbocycles. The Bertz CT molecular complexity index is 296. The predicted octanol–water partition coefficient (Wildman–Crippen LogP) is 2.59. The van der Waals surface area contributed by atoms with E-state index in [9.17, 15) is 0 Å². The molecule has 0 spiro atoms. The van der Waals surface area contributed by atoms with Gasteiger partial charge in [0.15, 0.2) is 0 Å². The fraction of sp³-hybridized carbons (Fsp3) is 0.500. The van der Waals surface area contributed by atoms with Gasteiger partial charge in [0.25, 0.3) is 0 Å². The maximum absolute atomic E-state index is 6.27. The van der Waals surface area contributed by atoms with Gasteiger partial charge >= 0.3 is 0 Å². The number of hydrogen-bond donors (Lipinski definition) is 2. The Labute approximate surface area is 103 Å². The Morgan fingerprint density at radius 2 is 1.81 bits per heavy atom. The second-order valence-corrected chi connectivity index (χ2v) is 4.16. The van der Waals surface area contributed by atoms with Gasteiger partial charge in [-0.25, -0.2) is 0 Å². The summed E-state index contributed by atoms with van der Waals surface area (Å²) in [5.41, 5.74) is 7.46. The van der Waals surface area contributed by atoms with Crippen LogP contribution in [-0.2, 0) is 0 Å². The van der Waals surface area contributed by atoms with E-state index in [2.05, 4.69) is 24.1 Å². The molecule has 0 fully saturated rings. The SMILES string of the molecule is CCN(CC)C(Cl)CNc1ccc(N)cc1. The number of nitrogens with two attached hydrogens (primary N) is 1. The van der Waals surface area contributed by atoms with Gasteiger partial charge in [0.05, 0.1) is 0 Å². The van der Waals surface area contributed by atoms with Crippen molar-refractivity contribution in [2.24, 2.45) is 0 Å². The Kier molecular flexibility index (Phi) is 5.43. The summed E-state index contributed by atoms with van der Waals surface area (Å²) in [5.74, 6) is 0. The van der Waals surface area contributed by atoms with E-state index in [1.54, 1.807) is 0 Å². The normalized spacial score (nSPS) is 12.8. The lowest BCUT2D eigenvalue weighted by Gasteiger charge is -2.24. The van der Waals surface area contributed by atoms with E-state index in [0.717, 1.165) is 31.0 Å². The summed E-state index contributed by atoms with van der Waals surface area (Å²) in [6, 6.07) is 7.67. The molecular formula is C12H20ClN3. The van der Waals surface area contributed by atoms with Crippen molar-refractivity contribution in [2.45, 2.75) is 19.3 Å². The quantitative estimate of drug-likeness (QED) is 0.457. The van der Waals surface area contributed by atoms with E-state index in [0.29, 0.717) is 0 Å². The van der Waals surface area contributed by atoms with Crippen LogP contribution in [0.2, 0.25) is 0 Å². The third-order valence-corrected chi connectivity index (χ3v) is 3.02. The third kappa shape index (κ3) is 3.91. The van der Waals surface area contributed by atoms with E-state index in [1.165, 1.54) is 0 Å². The van der Waals surface area contributed by atoms with E-state index >= 15 is 0 Å². The van der Waals surface area contributed by atoms with Crippen molar-refractivity contribution in [1.82, 2.24) is 4.90 Å². The zero-order valence-electron chi connectivity index (χ0n) is 9.91. The number of rotatable bonds is 6. The van der Waals surface area contributed by atoms with E-state index in [-0.39, 0.29) is 5.50 Å². The van der Waals surface area contributed by atoms with Gasteiger partial charge in [0.2, 0.25) is 0 Å².